The molecule has 2 aliphatic rings. The lowest BCUT2D eigenvalue weighted by atomic mass is 10.1. The predicted octanol–water partition coefficient (Wildman–Crippen LogP) is 2.89. The van der Waals surface area contributed by atoms with E-state index in [1.54, 1.807) is 24.3 Å². The van der Waals surface area contributed by atoms with E-state index in [1.807, 2.05) is 24.3 Å². The van der Waals surface area contributed by atoms with Crippen LogP contribution < -0.4 is 0 Å². The molecular weight excluding hydrogens is 239 g/mol. The summed E-state index contributed by atoms with van der Waals surface area (Å²) in [5.74, 6) is 0. The zero-order valence-corrected chi connectivity index (χ0v) is 10.2. The third kappa shape index (κ3) is 4.10. The lowest BCUT2D eigenvalue weighted by Gasteiger charge is -2.22. The van der Waals surface area contributed by atoms with E-state index in [0.29, 0.717) is 12.8 Å². The number of phosphoric ester groups is 1. The number of phosphoric acid groups is 1. The Morgan fingerprint density at radius 1 is 0.941 bits per heavy atom. The lowest BCUT2D eigenvalue weighted by Crippen LogP contribution is -2.14. The highest BCUT2D eigenvalue weighted by molar-refractivity contribution is 7.47. The summed E-state index contributed by atoms with van der Waals surface area (Å²) in [5.41, 5.74) is 0. The Bertz CT molecular complexity index is 386. The topological polar surface area (TPSA) is 55.8 Å². The molecule has 0 spiro atoms. The molecule has 0 aromatic heterocycles. The summed E-state index contributed by atoms with van der Waals surface area (Å²) in [6.07, 6.45) is 15.0. The van der Waals surface area contributed by atoms with Crippen LogP contribution in [0.1, 0.15) is 12.8 Å². The largest absolute Gasteiger partial charge is 0.473 e. The first-order valence-electron chi connectivity index (χ1n) is 5.52. The van der Waals surface area contributed by atoms with Crippen LogP contribution in [0.2, 0.25) is 0 Å². The summed E-state index contributed by atoms with van der Waals surface area (Å²) in [6.45, 7) is 0. The minimum atomic E-state index is -4.00. The molecule has 5 heteroatoms. The van der Waals surface area contributed by atoms with E-state index in [0.717, 1.165) is 0 Å². The van der Waals surface area contributed by atoms with Gasteiger partial charge in [0.2, 0.25) is 0 Å². The van der Waals surface area contributed by atoms with Crippen molar-refractivity contribution in [3.63, 3.8) is 0 Å². The van der Waals surface area contributed by atoms with Crippen LogP contribution in [-0.2, 0) is 13.6 Å². The Morgan fingerprint density at radius 2 is 1.41 bits per heavy atom. The number of rotatable bonds is 4. The van der Waals surface area contributed by atoms with Crippen molar-refractivity contribution in [2.75, 3.05) is 0 Å². The molecule has 1 N–H and O–H groups in total. The van der Waals surface area contributed by atoms with E-state index >= 15 is 0 Å². The van der Waals surface area contributed by atoms with Crippen LogP contribution in [0.5, 0.6) is 0 Å². The molecule has 17 heavy (non-hydrogen) atoms. The van der Waals surface area contributed by atoms with Crippen molar-refractivity contribution < 1.29 is 18.5 Å². The van der Waals surface area contributed by atoms with Crippen molar-refractivity contribution in [3.05, 3.63) is 48.6 Å². The van der Waals surface area contributed by atoms with Gasteiger partial charge in [-0.3, -0.25) is 9.05 Å². The first-order chi connectivity index (χ1) is 8.16. The summed E-state index contributed by atoms with van der Waals surface area (Å²) in [7, 11) is -4.00. The van der Waals surface area contributed by atoms with Crippen molar-refractivity contribution >= 4 is 7.82 Å². The maximum Gasteiger partial charge on any atom is 0.473 e. The monoisotopic (exact) mass is 254 g/mol. The second kappa shape index (κ2) is 5.61. The van der Waals surface area contributed by atoms with E-state index in [4.69, 9.17) is 9.05 Å². The quantitative estimate of drug-likeness (QED) is 0.784. The van der Waals surface area contributed by atoms with Crippen molar-refractivity contribution in [2.45, 2.75) is 25.0 Å². The maximum atomic E-state index is 11.7. The number of hydrogen-bond donors (Lipinski definition) is 1. The van der Waals surface area contributed by atoms with Crippen molar-refractivity contribution in [3.8, 4) is 0 Å². The second-order valence-electron chi connectivity index (χ2n) is 3.85. The summed E-state index contributed by atoms with van der Waals surface area (Å²) in [5, 5.41) is 0. The van der Waals surface area contributed by atoms with Gasteiger partial charge < -0.3 is 4.89 Å². The van der Waals surface area contributed by atoms with Gasteiger partial charge in [-0.2, -0.15) is 0 Å². The fourth-order valence-electron chi connectivity index (χ4n) is 1.64. The Balaban J connectivity index is 1.87. The molecular formula is C12H15O4P. The zero-order valence-electron chi connectivity index (χ0n) is 9.31. The average Bonchev–Trinajstić information content (AvgIpc) is 2.30. The summed E-state index contributed by atoms with van der Waals surface area (Å²) in [6, 6.07) is 0. The molecule has 2 unspecified atom stereocenters. The SMILES string of the molecule is O=P(O)(OC1C=CC=CC1)OC1C=CC=CC1. The van der Waals surface area contributed by atoms with Gasteiger partial charge in [-0.1, -0.05) is 48.6 Å². The molecule has 2 aliphatic carbocycles. The average molecular weight is 254 g/mol. The van der Waals surface area contributed by atoms with Gasteiger partial charge in [0.1, 0.15) is 0 Å². The van der Waals surface area contributed by atoms with Crippen LogP contribution in [-0.4, -0.2) is 17.1 Å². The zero-order chi connectivity index (χ0) is 12.1. The molecule has 2 atom stereocenters. The fraction of sp³-hybridized carbons (Fsp3) is 0.333. The predicted molar refractivity (Wildman–Crippen MR) is 65.4 cm³/mol. The molecule has 92 valence electrons. The Labute approximate surface area is 101 Å². The van der Waals surface area contributed by atoms with E-state index < -0.39 is 7.82 Å². The van der Waals surface area contributed by atoms with Crippen LogP contribution in [0.15, 0.2) is 48.6 Å². The van der Waals surface area contributed by atoms with E-state index in [-0.39, 0.29) is 12.2 Å². The van der Waals surface area contributed by atoms with Crippen LogP contribution in [0, 0.1) is 0 Å². The van der Waals surface area contributed by atoms with Gasteiger partial charge in [0.15, 0.2) is 0 Å². The number of hydrogen-bond acceptors (Lipinski definition) is 3. The van der Waals surface area contributed by atoms with Gasteiger partial charge in [-0.25, -0.2) is 4.57 Å². The molecule has 0 saturated carbocycles. The first kappa shape index (κ1) is 12.5. The molecule has 4 nitrogen and oxygen atoms in total. The van der Waals surface area contributed by atoms with Gasteiger partial charge in [-0.15, -0.1) is 0 Å². The molecule has 0 radical (unpaired) electrons. The van der Waals surface area contributed by atoms with Crippen LogP contribution in [0.25, 0.3) is 0 Å². The first-order valence-corrected chi connectivity index (χ1v) is 7.01. The van der Waals surface area contributed by atoms with Crippen LogP contribution >= 0.6 is 7.82 Å². The summed E-state index contributed by atoms with van der Waals surface area (Å²) >= 11 is 0. The number of allylic oxidation sites excluding steroid dienone is 4. The van der Waals surface area contributed by atoms with Gasteiger partial charge in [0, 0.05) is 0 Å². The van der Waals surface area contributed by atoms with Crippen molar-refractivity contribution in [1.82, 2.24) is 0 Å². The standard InChI is InChI=1S/C12H15O4P/c13-17(14,15-11-7-3-1-4-8-11)16-12-9-5-2-6-10-12/h1-7,9,11-12H,8,10H2,(H,13,14). The molecule has 0 heterocycles. The lowest BCUT2D eigenvalue weighted by molar-refractivity contribution is 0.105. The Hall–Kier alpha value is -0.930. The Kier molecular flexibility index (Phi) is 4.13. The van der Waals surface area contributed by atoms with Crippen LogP contribution in [0.4, 0.5) is 0 Å². The summed E-state index contributed by atoms with van der Waals surface area (Å²) in [4.78, 5) is 9.61. The minimum absolute atomic E-state index is 0.390. The maximum absolute atomic E-state index is 11.7. The van der Waals surface area contributed by atoms with E-state index in [9.17, 15) is 9.46 Å². The minimum Gasteiger partial charge on any atom is -0.302 e. The summed E-state index contributed by atoms with van der Waals surface area (Å²) < 4.78 is 21.9. The smallest absolute Gasteiger partial charge is 0.302 e. The molecule has 2 rings (SSSR count). The van der Waals surface area contributed by atoms with Crippen molar-refractivity contribution in [1.29, 1.82) is 0 Å². The molecule has 0 saturated heterocycles. The molecule has 0 aromatic rings. The third-order valence-corrected chi connectivity index (χ3v) is 3.49. The van der Waals surface area contributed by atoms with Gasteiger partial charge in [0.25, 0.3) is 0 Å². The highest BCUT2D eigenvalue weighted by Crippen LogP contribution is 2.47. The molecule has 0 fully saturated rings. The molecule has 0 amide bonds. The molecule has 0 aromatic carbocycles. The van der Waals surface area contributed by atoms with Gasteiger partial charge >= 0.3 is 7.82 Å². The van der Waals surface area contributed by atoms with Crippen molar-refractivity contribution in [2.24, 2.45) is 0 Å². The van der Waals surface area contributed by atoms with Gasteiger partial charge in [-0.05, 0) is 12.8 Å². The van der Waals surface area contributed by atoms with E-state index in [2.05, 4.69) is 0 Å². The van der Waals surface area contributed by atoms with E-state index in [1.165, 1.54) is 0 Å². The normalized spacial score (nSPS) is 30.4. The van der Waals surface area contributed by atoms with Crippen LogP contribution in [0.3, 0.4) is 0 Å². The fourth-order valence-corrected chi connectivity index (χ4v) is 2.69. The Morgan fingerprint density at radius 3 is 1.76 bits per heavy atom. The second-order valence-corrected chi connectivity index (χ2v) is 5.21. The highest BCUT2D eigenvalue weighted by Gasteiger charge is 2.28. The highest BCUT2D eigenvalue weighted by atomic mass is 31.2. The molecule has 0 bridgehead atoms. The van der Waals surface area contributed by atoms with Gasteiger partial charge in [0.05, 0.1) is 12.2 Å². The third-order valence-electron chi connectivity index (χ3n) is 2.42. The molecule has 0 aliphatic heterocycles.